The highest BCUT2D eigenvalue weighted by molar-refractivity contribution is 5.68. The molecular formula is C25H32N4O2. The van der Waals surface area contributed by atoms with Crippen LogP contribution in [0, 0.1) is 5.41 Å². The molecule has 164 valence electrons. The van der Waals surface area contributed by atoms with Crippen LogP contribution in [-0.4, -0.2) is 57.6 Å². The van der Waals surface area contributed by atoms with Crippen molar-refractivity contribution in [2.75, 3.05) is 26.2 Å². The Labute approximate surface area is 184 Å². The fraction of sp³-hybridized carbons (Fsp3) is 0.560. The molecule has 1 aromatic heterocycles. The number of carbonyl (C=O) groups is 1. The van der Waals surface area contributed by atoms with Crippen LogP contribution in [0.3, 0.4) is 0 Å². The Balaban J connectivity index is 1.19. The van der Waals surface area contributed by atoms with Gasteiger partial charge in [0.2, 0.25) is 0 Å². The van der Waals surface area contributed by atoms with Crippen LogP contribution in [0.25, 0.3) is 11.4 Å². The SMILES string of the molecule is CC(C)(C)OC(=O)N1CCC2(CC1)CN(C1CCc3cc(-c4ncccn4)ccc31)C2. The summed E-state index contributed by atoms with van der Waals surface area (Å²) in [6.07, 6.45) is 7.89. The summed E-state index contributed by atoms with van der Waals surface area (Å²) in [6.45, 7) is 9.68. The molecule has 1 atom stereocenters. The zero-order chi connectivity index (χ0) is 21.6. The minimum absolute atomic E-state index is 0.165. The molecule has 0 bridgehead atoms. The van der Waals surface area contributed by atoms with Crippen molar-refractivity contribution in [3.63, 3.8) is 0 Å². The second-order valence-electron chi connectivity index (χ2n) is 10.4. The van der Waals surface area contributed by atoms with Crippen molar-refractivity contribution in [1.29, 1.82) is 0 Å². The molecule has 2 aliphatic heterocycles. The molecule has 0 radical (unpaired) electrons. The molecule has 2 aromatic rings. The maximum Gasteiger partial charge on any atom is 0.410 e. The molecule has 1 unspecified atom stereocenters. The lowest BCUT2D eigenvalue weighted by atomic mass is 9.71. The van der Waals surface area contributed by atoms with Gasteiger partial charge in [-0.15, -0.1) is 0 Å². The van der Waals surface area contributed by atoms with Crippen LogP contribution in [-0.2, 0) is 11.2 Å². The number of likely N-dealkylation sites (tertiary alicyclic amines) is 2. The van der Waals surface area contributed by atoms with Gasteiger partial charge in [0.1, 0.15) is 5.60 Å². The Bertz CT molecular complexity index is 953. The van der Waals surface area contributed by atoms with Crippen molar-refractivity contribution < 1.29 is 9.53 Å². The van der Waals surface area contributed by atoms with E-state index in [2.05, 4.69) is 33.1 Å². The number of nitrogens with zero attached hydrogens (tertiary/aromatic N) is 4. The maximum absolute atomic E-state index is 12.4. The molecule has 31 heavy (non-hydrogen) atoms. The van der Waals surface area contributed by atoms with Crippen molar-refractivity contribution in [2.45, 2.75) is 58.1 Å². The number of fused-ring (bicyclic) bond motifs is 1. The number of aryl methyl sites for hydroxylation is 1. The Morgan fingerprint density at radius 3 is 2.52 bits per heavy atom. The van der Waals surface area contributed by atoms with Crippen LogP contribution < -0.4 is 0 Å². The van der Waals surface area contributed by atoms with Gasteiger partial charge in [-0.05, 0) is 75.1 Å². The molecule has 3 aliphatic rings. The Hall–Kier alpha value is -2.47. The number of benzene rings is 1. The average Bonchev–Trinajstić information content (AvgIpc) is 3.14. The van der Waals surface area contributed by atoms with Crippen molar-refractivity contribution >= 4 is 6.09 Å². The summed E-state index contributed by atoms with van der Waals surface area (Å²) in [6, 6.07) is 9.11. The van der Waals surface area contributed by atoms with E-state index in [0.29, 0.717) is 11.5 Å². The highest BCUT2D eigenvalue weighted by atomic mass is 16.6. The molecule has 3 heterocycles. The number of rotatable bonds is 2. The first kappa shape index (κ1) is 20.4. The van der Waals surface area contributed by atoms with E-state index in [-0.39, 0.29) is 6.09 Å². The lowest BCUT2D eigenvalue weighted by molar-refractivity contribution is -0.0716. The van der Waals surface area contributed by atoms with E-state index in [4.69, 9.17) is 4.74 Å². The maximum atomic E-state index is 12.4. The van der Waals surface area contributed by atoms with Gasteiger partial charge in [0.15, 0.2) is 5.82 Å². The van der Waals surface area contributed by atoms with Crippen LogP contribution in [0.15, 0.2) is 36.7 Å². The fourth-order valence-electron chi connectivity index (χ4n) is 5.40. The summed E-state index contributed by atoms with van der Waals surface area (Å²) in [5, 5.41) is 0. The third-order valence-corrected chi connectivity index (χ3v) is 7.01. The van der Waals surface area contributed by atoms with Crippen LogP contribution in [0.1, 0.15) is 57.2 Å². The number of ether oxygens (including phenoxy) is 1. The molecule has 1 amide bonds. The van der Waals surface area contributed by atoms with E-state index >= 15 is 0 Å². The first-order valence-corrected chi connectivity index (χ1v) is 11.4. The van der Waals surface area contributed by atoms with Crippen molar-refractivity contribution in [3.05, 3.63) is 47.8 Å². The topological polar surface area (TPSA) is 58.6 Å². The first-order valence-electron chi connectivity index (χ1n) is 11.4. The normalized spacial score (nSPS) is 22.8. The molecule has 6 nitrogen and oxygen atoms in total. The van der Waals surface area contributed by atoms with Gasteiger partial charge in [0, 0.05) is 50.2 Å². The monoisotopic (exact) mass is 420 g/mol. The van der Waals surface area contributed by atoms with Crippen LogP contribution in [0.4, 0.5) is 4.79 Å². The third kappa shape index (κ3) is 4.05. The van der Waals surface area contributed by atoms with Gasteiger partial charge >= 0.3 is 6.09 Å². The average molecular weight is 421 g/mol. The molecule has 6 heteroatoms. The molecule has 5 rings (SSSR count). The van der Waals surface area contributed by atoms with Crippen molar-refractivity contribution in [2.24, 2.45) is 5.41 Å². The summed E-state index contributed by atoms with van der Waals surface area (Å²) in [5.74, 6) is 0.799. The minimum atomic E-state index is -0.429. The van der Waals surface area contributed by atoms with Crippen LogP contribution >= 0.6 is 0 Å². The molecule has 0 N–H and O–H groups in total. The zero-order valence-corrected chi connectivity index (χ0v) is 18.8. The van der Waals surface area contributed by atoms with Crippen LogP contribution in [0.2, 0.25) is 0 Å². The standard InChI is InChI=1S/C25H32N4O2/c1-24(2,3)31-23(30)28-13-9-25(10-14-28)16-29(17-25)21-8-6-18-15-19(5-7-20(18)21)22-26-11-4-12-27-22/h4-5,7,11-12,15,21H,6,8-10,13-14,16-17H2,1-3H3. The molecule has 0 saturated carbocycles. The fourth-order valence-corrected chi connectivity index (χ4v) is 5.40. The lowest BCUT2D eigenvalue weighted by Crippen LogP contribution is -2.61. The predicted molar refractivity (Wildman–Crippen MR) is 120 cm³/mol. The second kappa shape index (κ2) is 7.59. The number of aromatic nitrogens is 2. The van der Waals surface area contributed by atoms with Gasteiger partial charge in [0.25, 0.3) is 0 Å². The number of hydrogen-bond acceptors (Lipinski definition) is 5. The number of amides is 1. The summed E-state index contributed by atoms with van der Waals surface area (Å²) in [4.78, 5) is 25.7. The summed E-state index contributed by atoms with van der Waals surface area (Å²) in [7, 11) is 0. The minimum Gasteiger partial charge on any atom is -0.444 e. The highest BCUT2D eigenvalue weighted by Crippen LogP contribution is 2.48. The summed E-state index contributed by atoms with van der Waals surface area (Å²) < 4.78 is 5.55. The van der Waals surface area contributed by atoms with E-state index in [1.165, 1.54) is 17.5 Å². The molecular weight excluding hydrogens is 388 g/mol. The predicted octanol–water partition coefficient (Wildman–Crippen LogP) is 4.46. The lowest BCUT2D eigenvalue weighted by Gasteiger charge is -2.56. The molecule has 1 spiro atoms. The largest absolute Gasteiger partial charge is 0.444 e. The number of hydrogen-bond donors (Lipinski definition) is 0. The van der Waals surface area contributed by atoms with Gasteiger partial charge in [-0.3, -0.25) is 4.90 Å². The second-order valence-corrected chi connectivity index (χ2v) is 10.4. The van der Waals surface area contributed by atoms with E-state index in [0.717, 1.165) is 56.8 Å². The smallest absolute Gasteiger partial charge is 0.410 e. The third-order valence-electron chi connectivity index (χ3n) is 7.01. The Kier molecular flexibility index (Phi) is 5.00. The van der Waals surface area contributed by atoms with Gasteiger partial charge in [-0.1, -0.05) is 12.1 Å². The quantitative estimate of drug-likeness (QED) is 0.718. The van der Waals surface area contributed by atoms with Gasteiger partial charge < -0.3 is 9.64 Å². The van der Waals surface area contributed by atoms with Gasteiger partial charge in [-0.25, -0.2) is 14.8 Å². The number of piperidine rings is 1. The molecule has 2 fully saturated rings. The Morgan fingerprint density at radius 1 is 1.13 bits per heavy atom. The van der Waals surface area contributed by atoms with Crippen molar-refractivity contribution in [3.8, 4) is 11.4 Å². The number of carbonyl (C=O) groups excluding carboxylic acids is 1. The van der Waals surface area contributed by atoms with E-state index in [1.54, 1.807) is 12.4 Å². The molecule has 1 aromatic carbocycles. The van der Waals surface area contributed by atoms with E-state index in [9.17, 15) is 4.79 Å². The van der Waals surface area contributed by atoms with E-state index < -0.39 is 5.60 Å². The van der Waals surface area contributed by atoms with E-state index in [1.807, 2.05) is 31.7 Å². The Morgan fingerprint density at radius 2 is 1.84 bits per heavy atom. The van der Waals surface area contributed by atoms with Gasteiger partial charge in [0.05, 0.1) is 0 Å². The van der Waals surface area contributed by atoms with Crippen molar-refractivity contribution in [1.82, 2.24) is 19.8 Å². The molecule has 1 aliphatic carbocycles. The van der Waals surface area contributed by atoms with Gasteiger partial charge in [-0.2, -0.15) is 0 Å². The highest BCUT2D eigenvalue weighted by Gasteiger charge is 2.48. The summed E-state index contributed by atoms with van der Waals surface area (Å²) >= 11 is 0. The first-order chi connectivity index (χ1) is 14.8. The molecule has 2 saturated heterocycles. The van der Waals surface area contributed by atoms with Crippen LogP contribution in [0.5, 0.6) is 0 Å². The summed E-state index contributed by atoms with van der Waals surface area (Å²) in [5.41, 5.74) is 3.96. The zero-order valence-electron chi connectivity index (χ0n) is 18.8.